The number of phenolic OH excluding ortho intramolecular Hbond substituents is 4. The second-order valence-electron chi connectivity index (χ2n) is 29.8. The molecule has 0 bridgehead atoms. The van der Waals surface area contributed by atoms with Gasteiger partial charge < -0.3 is 96.7 Å². The van der Waals surface area contributed by atoms with E-state index in [2.05, 4.69) is 31.9 Å². The van der Waals surface area contributed by atoms with E-state index in [4.69, 9.17) is 71.5 Å². The third-order valence-corrected chi connectivity index (χ3v) is 24.7. The molecular weight excluding hydrogens is 2190 g/mol. The number of anilines is 2. The standard InChI is InChI=1S/C24H24I2O6.C23H23Br2NO5.C23H23I2NO5.C23H27N3O5/c1-14(28)5-2-3-6-20-22(23(29)15-11-18(25)24(30)19(26)12-15)17-8-7-16(13-21(17)32-20)31-10-4-9-27;3*24-16-11-14(12-17(25)23(16)30)22(29)21-15-8-7-13(4-1-2-9-27)10-19(15)31-18(21)5-3-6-20(26)28/h7-8,11-13,27,30H,2-6,9-10H2,1H3;2*7-8,10-12,27,30H,1-6,9H2,(H2,26,28);7-8,10-12,27,30H,1-6,9,24-25H2,(H2,26,28). The number of ketones is 5. The Balaban J connectivity index is 0.000000189. The van der Waals surface area contributed by atoms with Gasteiger partial charge in [-0.05, 0) is 315 Å². The molecule has 125 heavy (non-hydrogen) atoms. The molecule has 12 rings (SSSR count). The van der Waals surface area contributed by atoms with Crippen molar-refractivity contribution in [3.8, 4) is 28.7 Å². The van der Waals surface area contributed by atoms with Crippen LogP contribution in [0.25, 0.3) is 43.9 Å². The monoisotopic (exact) mass is 2290 g/mol. The van der Waals surface area contributed by atoms with Gasteiger partial charge in [-0.15, -0.1) is 0 Å². The number of fused-ring (bicyclic) bond motifs is 4. The Labute approximate surface area is 791 Å². The minimum Gasteiger partial charge on any atom is -0.506 e. The van der Waals surface area contributed by atoms with Gasteiger partial charge in [-0.1, -0.05) is 36.4 Å². The number of benzene rings is 8. The summed E-state index contributed by atoms with van der Waals surface area (Å²) in [5.41, 5.74) is 36.3. The molecule has 0 aliphatic rings. The Bertz CT molecular complexity index is 5420. The van der Waals surface area contributed by atoms with Crippen molar-refractivity contribution in [2.75, 3.05) is 44.5 Å². The summed E-state index contributed by atoms with van der Waals surface area (Å²) in [6.07, 6.45) is 13.3. The highest BCUT2D eigenvalue weighted by molar-refractivity contribution is 14.1. The number of phenols is 4. The number of furan rings is 4. The number of halogens is 6. The van der Waals surface area contributed by atoms with Crippen molar-refractivity contribution < 1.29 is 102 Å². The first-order chi connectivity index (χ1) is 59.7. The number of hydrogen-bond acceptors (Lipinski definition) is 23. The topological polar surface area (TPSA) is 490 Å². The summed E-state index contributed by atoms with van der Waals surface area (Å²) in [5, 5.41) is 78.6. The van der Waals surface area contributed by atoms with Gasteiger partial charge in [0.15, 0.2) is 28.9 Å². The Kier molecular flexibility index (Phi) is 38.5. The summed E-state index contributed by atoms with van der Waals surface area (Å²) in [5.74, 6) is 0.767. The third-order valence-electron chi connectivity index (χ3n) is 20.2. The minimum atomic E-state index is -0.422. The fourth-order valence-corrected chi connectivity index (χ4v) is 18.7. The lowest BCUT2D eigenvalue weighted by molar-refractivity contribution is -0.118. The molecule has 0 saturated carbocycles. The normalized spacial score (nSPS) is 11.2. The molecule has 0 fully saturated rings. The Morgan fingerprint density at radius 2 is 0.640 bits per heavy atom. The number of carbonyl (C=O) groups is 8. The van der Waals surface area contributed by atoms with Crippen LogP contribution in [0, 0.1) is 14.3 Å². The van der Waals surface area contributed by atoms with E-state index in [1.807, 2.05) is 151 Å². The molecule has 0 aliphatic heterocycles. The number of nitrogens with two attached hydrogens (primary N) is 5. The molecule has 4 heterocycles. The first-order valence-electron chi connectivity index (χ1n) is 40.5. The van der Waals surface area contributed by atoms with Crippen molar-refractivity contribution in [1.29, 1.82) is 0 Å². The summed E-state index contributed by atoms with van der Waals surface area (Å²) in [6, 6.07) is 35.1. The van der Waals surface area contributed by atoms with Crippen LogP contribution in [-0.4, -0.2) is 121 Å². The van der Waals surface area contributed by atoms with Crippen molar-refractivity contribution in [2.24, 2.45) is 17.2 Å². The Hall–Kier alpha value is -9.00. The number of amides is 3. The van der Waals surface area contributed by atoms with Gasteiger partial charge in [0.2, 0.25) is 17.7 Å². The quantitative estimate of drug-likeness (QED) is 0.00556. The van der Waals surface area contributed by atoms with Gasteiger partial charge >= 0.3 is 0 Å². The van der Waals surface area contributed by atoms with Crippen LogP contribution in [0.3, 0.4) is 0 Å². The van der Waals surface area contributed by atoms with Crippen LogP contribution in [0.15, 0.2) is 148 Å². The van der Waals surface area contributed by atoms with E-state index in [9.17, 15) is 58.8 Å². The molecule has 8 aromatic carbocycles. The van der Waals surface area contributed by atoms with Crippen LogP contribution in [0.5, 0.6) is 28.7 Å². The third kappa shape index (κ3) is 27.3. The van der Waals surface area contributed by atoms with Crippen molar-refractivity contribution in [3.05, 3.63) is 229 Å². The Morgan fingerprint density at radius 1 is 0.344 bits per heavy atom. The summed E-state index contributed by atoms with van der Waals surface area (Å²) in [7, 11) is 0. The second kappa shape index (κ2) is 48.2. The average Bonchev–Trinajstić information content (AvgIpc) is 1.64. The second-order valence-corrected chi connectivity index (χ2v) is 36.1. The number of rotatable bonds is 41. The number of aryl methyl sites for hydroxylation is 7. The molecule has 18 N–H and O–H groups in total. The fourth-order valence-electron chi connectivity index (χ4n) is 13.9. The lowest BCUT2D eigenvalue weighted by Crippen LogP contribution is -2.11. The smallest absolute Gasteiger partial charge is 0.217 e. The van der Waals surface area contributed by atoms with Crippen LogP contribution < -0.4 is 33.4 Å². The molecule has 662 valence electrons. The number of nitrogen functional groups attached to an aromatic ring is 2. The number of aliphatic hydroxyl groups excluding tert-OH is 4. The maximum absolute atomic E-state index is 13.5. The zero-order chi connectivity index (χ0) is 90.9. The maximum atomic E-state index is 13.5. The van der Waals surface area contributed by atoms with Gasteiger partial charge in [0.1, 0.15) is 74.2 Å². The van der Waals surface area contributed by atoms with Gasteiger partial charge in [-0.2, -0.15) is 0 Å². The van der Waals surface area contributed by atoms with E-state index >= 15 is 0 Å². The molecular formula is C93H97Br2I4N5O21. The van der Waals surface area contributed by atoms with Crippen LogP contribution in [0.1, 0.15) is 213 Å². The lowest BCUT2D eigenvalue weighted by Gasteiger charge is -2.08. The number of aromatic hydroxyl groups is 4. The maximum Gasteiger partial charge on any atom is 0.217 e. The number of ether oxygens (including phenoxy) is 1. The minimum absolute atomic E-state index is 0.0117. The molecule has 0 atom stereocenters. The molecule has 26 nitrogen and oxygen atoms in total. The number of carbonyl (C=O) groups excluding carboxylic acids is 8. The summed E-state index contributed by atoms with van der Waals surface area (Å²) in [4.78, 5) is 98.6. The van der Waals surface area contributed by atoms with E-state index < -0.39 is 17.7 Å². The number of hydrogen-bond donors (Lipinski definition) is 13. The van der Waals surface area contributed by atoms with Gasteiger partial charge in [0.25, 0.3) is 0 Å². The highest BCUT2D eigenvalue weighted by Gasteiger charge is 2.30. The van der Waals surface area contributed by atoms with Crippen LogP contribution in [0.4, 0.5) is 11.4 Å². The molecule has 0 saturated heterocycles. The molecule has 12 aromatic rings. The molecule has 0 radical (unpaired) electrons. The molecule has 0 unspecified atom stereocenters. The van der Waals surface area contributed by atoms with Crippen molar-refractivity contribution in [1.82, 2.24) is 0 Å². The number of Topliss-reactive ketones (excluding diaryl/α,β-unsaturated/α-hetero) is 1. The average molecular weight is 2290 g/mol. The summed E-state index contributed by atoms with van der Waals surface area (Å²) < 4.78 is 33.1. The number of aliphatic hydroxyl groups is 4. The predicted octanol–water partition coefficient (Wildman–Crippen LogP) is 18.0. The first-order valence-corrected chi connectivity index (χ1v) is 46.4. The Morgan fingerprint density at radius 3 is 0.960 bits per heavy atom. The van der Waals surface area contributed by atoms with Crippen LogP contribution in [-0.2, 0) is 64.1 Å². The van der Waals surface area contributed by atoms with Gasteiger partial charge in [0, 0.05) is 134 Å². The highest BCUT2D eigenvalue weighted by atomic mass is 127. The van der Waals surface area contributed by atoms with Gasteiger partial charge in [0.05, 0.1) is 63.5 Å². The van der Waals surface area contributed by atoms with Crippen molar-refractivity contribution in [2.45, 2.75) is 155 Å². The SMILES string of the molecule is CC(=O)CCCCc1oc2cc(OCCCO)ccc2c1C(=O)c1cc(I)c(O)c(I)c1.NC(=O)CCCc1oc2cc(CCCCO)ccc2c1C(=O)c1cc(Br)c(O)c(Br)c1.NC(=O)CCCc1oc2cc(CCCCO)ccc2c1C(=O)c1cc(I)c(O)c(I)c1.NC(=O)CCCc1oc2cc(CCCCO)ccc2c1C(=O)c1cc(N)c(O)c(N)c1. The van der Waals surface area contributed by atoms with Crippen molar-refractivity contribution in [3.63, 3.8) is 0 Å². The van der Waals surface area contributed by atoms with E-state index in [1.54, 1.807) is 55.5 Å². The van der Waals surface area contributed by atoms with Crippen molar-refractivity contribution >= 4 is 224 Å². The number of unbranched alkanes of at least 4 members (excludes halogenated alkanes) is 4. The molecule has 0 spiro atoms. The molecule has 4 aromatic heterocycles. The summed E-state index contributed by atoms with van der Waals surface area (Å²) in [6.45, 7) is 2.47. The molecule has 3 amide bonds. The van der Waals surface area contributed by atoms with E-state index in [-0.39, 0.29) is 115 Å². The van der Waals surface area contributed by atoms with E-state index in [0.29, 0.717) is 200 Å². The number of primary amides is 3. The fraction of sp³-hybridized carbons (Fsp3) is 0.312. The lowest BCUT2D eigenvalue weighted by atomic mass is 9.96. The largest absolute Gasteiger partial charge is 0.506 e. The summed E-state index contributed by atoms with van der Waals surface area (Å²) >= 11 is 14.6. The molecule has 32 heteroatoms. The van der Waals surface area contributed by atoms with E-state index in [1.165, 1.54) is 12.1 Å². The highest BCUT2D eigenvalue weighted by Crippen LogP contribution is 2.41. The first kappa shape index (κ1) is 99.8. The zero-order valence-electron chi connectivity index (χ0n) is 68.4. The van der Waals surface area contributed by atoms with Crippen LogP contribution >= 0.6 is 122 Å². The van der Waals surface area contributed by atoms with Crippen LogP contribution in [0.2, 0.25) is 0 Å². The van der Waals surface area contributed by atoms with E-state index in [0.717, 1.165) is 86.3 Å². The van der Waals surface area contributed by atoms with Gasteiger partial charge in [-0.3, -0.25) is 33.6 Å². The molecule has 0 aliphatic carbocycles. The zero-order valence-corrected chi connectivity index (χ0v) is 80.2. The predicted molar refractivity (Wildman–Crippen MR) is 518 cm³/mol. The van der Waals surface area contributed by atoms with Gasteiger partial charge in [-0.25, -0.2) is 0 Å².